The largest absolute Gasteiger partial charge is 0.0776 e. The van der Waals surface area contributed by atoms with Crippen LogP contribution in [0, 0.1) is 170 Å². The highest BCUT2D eigenvalue weighted by Crippen LogP contribution is 2.68. The molecule has 0 bridgehead atoms. The molecule has 0 amide bonds. The van der Waals surface area contributed by atoms with Gasteiger partial charge in [0.15, 0.2) is 0 Å². The number of hydrogen-bond acceptors (Lipinski definition) is 0. The summed E-state index contributed by atoms with van der Waals surface area (Å²) >= 11 is 0. The molecule has 6 aliphatic carbocycles. The minimum absolute atomic E-state index is 0. The third-order valence-corrected chi connectivity index (χ3v) is 26.4. The van der Waals surface area contributed by atoms with Gasteiger partial charge in [-0.25, -0.2) is 0 Å². The van der Waals surface area contributed by atoms with Gasteiger partial charge < -0.3 is 0 Å². The van der Waals surface area contributed by atoms with Crippen molar-refractivity contribution in [2.45, 2.75) is 342 Å². The summed E-state index contributed by atoms with van der Waals surface area (Å²) in [6.45, 7) is 80.2. The van der Waals surface area contributed by atoms with E-state index in [0.717, 1.165) is 96.7 Å². The quantitative estimate of drug-likeness (QED) is 0.154. The van der Waals surface area contributed by atoms with E-state index in [1.54, 1.807) is 44.5 Å². The summed E-state index contributed by atoms with van der Waals surface area (Å²) in [6.07, 6.45) is 10.1. The van der Waals surface area contributed by atoms with Gasteiger partial charge in [0.05, 0.1) is 0 Å². The Balaban J connectivity index is 0.000000635. The number of hydrogen-bond donors (Lipinski definition) is 0. The van der Waals surface area contributed by atoms with E-state index in [2.05, 4.69) is 215 Å². The van der Waals surface area contributed by atoms with Gasteiger partial charge >= 0.3 is 0 Å². The number of aryl methyl sites for hydroxylation is 12. The summed E-state index contributed by atoms with van der Waals surface area (Å²) in [5.41, 5.74) is 36.5. The standard InChI is InChI=1S/2C26H34.2C16H20.6C2H6.4CH4/c2*1-11-21-23-17(7)13(3)15(5)19(9)25(23)22(12-2)26-20(10)16(6)14(4)18(8)24(21)26;1-9-7-13-15(10(9)2)14-8-11-5-3-4-6-12(11)16(13)14;1-9-7-13-14-8-11-5-3-4-6-12(11)16(14)15(13)10(9)2;6*1-2;;;;/h2*11-12H2,1-10H3;2*3-6,9-10,13-16H,7-8H2,1-2H3;6*1-2H3;4*1H4/t;;9-,10-,13+,14-,15-,16+;9-,10-,13?,14+,15-,16?;;;;;;;;;;/m..10........../s1. The molecular formula is C100H160. The number of rotatable bonds is 4. The van der Waals surface area contributed by atoms with E-state index in [4.69, 9.17) is 0 Å². The SMILES string of the molecule is C.C.C.C.CC.CC.CC.CC.CC.CC.CCc1c2c(C)c(C)c(C)c(C)c2c(CC)c2c(C)c(C)c(C)c(C)c12.CCc1c2c(C)c(C)c(C)c(C)c2c(CC)c2c(C)c(C)c(C)c(C)c12.C[C@@H]1[C@H]2C(C[C@@H]1C)[C@H]1Cc3ccccc3C12.C[C@H]1[C@@H]2[C@H](C[C@H]1C)[C@@H]1c3ccccc3C[C@@H]12. The molecule has 0 saturated heterocycles. The molecule has 0 aliphatic heterocycles. The molecule has 14 rings (SSSR count). The zero-order valence-corrected chi connectivity index (χ0v) is 69.2. The average Bonchev–Trinajstić information content (AvgIpc) is 1.20. The Morgan fingerprint density at radius 2 is 0.480 bits per heavy atom. The summed E-state index contributed by atoms with van der Waals surface area (Å²) in [6, 6.07) is 18.4. The van der Waals surface area contributed by atoms with Crippen LogP contribution in [-0.4, -0.2) is 0 Å². The van der Waals surface area contributed by atoms with Gasteiger partial charge in [-0.1, -0.05) is 217 Å². The Labute approximate surface area is 622 Å². The third kappa shape index (κ3) is 15.5. The van der Waals surface area contributed by atoms with Gasteiger partial charge in [-0.05, 0) is 410 Å². The van der Waals surface area contributed by atoms with Crippen molar-refractivity contribution in [3.63, 3.8) is 0 Å². The number of fused-ring (bicyclic) bond motifs is 16. The Hall–Kier alpha value is -5.20. The maximum atomic E-state index is 2.49. The topological polar surface area (TPSA) is 0 Å². The summed E-state index contributed by atoms with van der Waals surface area (Å²) in [4.78, 5) is 0. The molecule has 100 heavy (non-hydrogen) atoms. The Kier molecular flexibility index (Phi) is 36.8. The minimum Gasteiger partial charge on any atom is -0.0776 e. The van der Waals surface area contributed by atoms with Crippen LogP contribution in [-0.2, 0) is 38.5 Å². The zero-order chi connectivity index (χ0) is 72.7. The second-order valence-corrected chi connectivity index (χ2v) is 29.1. The first-order valence-corrected chi connectivity index (χ1v) is 39.9. The Morgan fingerprint density at radius 3 is 0.740 bits per heavy atom. The van der Waals surface area contributed by atoms with Crippen LogP contribution in [0.3, 0.4) is 0 Å². The Morgan fingerprint density at radius 1 is 0.260 bits per heavy atom. The average molecular weight is 1360 g/mol. The fourth-order valence-electron chi connectivity index (χ4n) is 20.3. The van der Waals surface area contributed by atoms with Crippen molar-refractivity contribution >= 4 is 43.1 Å². The van der Waals surface area contributed by atoms with Gasteiger partial charge in [0.2, 0.25) is 0 Å². The summed E-state index contributed by atoms with van der Waals surface area (Å²) in [7, 11) is 0. The van der Waals surface area contributed by atoms with E-state index in [0.29, 0.717) is 0 Å². The maximum Gasteiger partial charge on any atom is -0.00912 e. The normalized spacial score (nSPS) is 21.9. The van der Waals surface area contributed by atoms with Crippen LogP contribution < -0.4 is 0 Å². The molecule has 6 aliphatic rings. The maximum absolute atomic E-state index is 2.49. The predicted octanol–water partition coefficient (Wildman–Crippen LogP) is 31.6. The van der Waals surface area contributed by atoms with E-state index in [1.165, 1.54) is 158 Å². The van der Waals surface area contributed by atoms with Crippen molar-refractivity contribution < 1.29 is 0 Å². The van der Waals surface area contributed by atoms with Crippen molar-refractivity contribution in [3.8, 4) is 0 Å². The molecule has 0 radical (unpaired) electrons. The molecule has 2 unspecified atom stereocenters. The molecule has 0 aromatic heterocycles. The van der Waals surface area contributed by atoms with E-state index >= 15 is 0 Å². The van der Waals surface area contributed by atoms with Crippen molar-refractivity contribution in [1.82, 2.24) is 0 Å². The molecule has 12 atom stereocenters. The second-order valence-electron chi connectivity index (χ2n) is 29.1. The highest BCUT2D eigenvalue weighted by Gasteiger charge is 2.61. The minimum atomic E-state index is 0. The monoisotopic (exact) mass is 1360 g/mol. The van der Waals surface area contributed by atoms with Crippen LogP contribution in [0.4, 0.5) is 0 Å². The molecule has 8 aromatic carbocycles. The van der Waals surface area contributed by atoms with E-state index in [-0.39, 0.29) is 29.7 Å². The van der Waals surface area contributed by atoms with Crippen LogP contribution in [0.15, 0.2) is 48.5 Å². The van der Waals surface area contributed by atoms with Gasteiger partial charge in [0.1, 0.15) is 0 Å². The van der Waals surface area contributed by atoms with Crippen molar-refractivity contribution in [3.05, 3.63) is 182 Å². The van der Waals surface area contributed by atoms with Gasteiger partial charge in [-0.15, -0.1) is 0 Å². The van der Waals surface area contributed by atoms with Crippen LogP contribution in [0.2, 0.25) is 0 Å². The zero-order valence-electron chi connectivity index (χ0n) is 69.2. The molecule has 560 valence electrons. The van der Waals surface area contributed by atoms with Crippen LogP contribution in [0.5, 0.6) is 0 Å². The molecule has 4 saturated carbocycles. The third-order valence-electron chi connectivity index (χ3n) is 26.4. The first kappa shape index (κ1) is 92.8. The fraction of sp³-hybridized carbons (Fsp3) is 0.600. The Bertz CT molecular complexity index is 3460. The summed E-state index contributed by atoms with van der Waals surface area (Å²) in [5.74, 6) is 11.9. The lowest BCUT2D eigenvalue weighted by atomic mass is 9.57. The molecule has 8 aromatic rings. The summed E-state index contributed by atoms with van der Waals surface area (Å²) < 4.78 is 0. The van der Waals surface area contributed by atoms with Gasteiger partial charge in [0, 0.05) is 0 Å². The summed E-state index contributed by atoms with van der Waals surface area (Å²) in [5, 5.41) is 12.2. The molecular weight excluding hydrogens is 1200 g/mol. The van der Waals surface area contributed by atoms with E-state index < -0.39 is 0 Å². The lowest BCUT2D eigenvalue weighted by Crippen LogP contribution is -2.41. The smallest absolute Gasteiger partial charge is 0.00912 e. The highest BCUT2D eigenvalue weighted by atomic mass is 14.7. The molecule has 0 heteroatoms. The molecule has 0 heterocycles. The predicted molar refractivity (Wildman–Crippen MR) is 464 cm³/mol. The molecule has 0 nitrogen and oxygen atoms in total. The first-order valence-electron chi connectivity index (χ1n) is 39.9. The fourth-order valence-corrected chi connectivity index (χ4v) is 20.3. The van der Waals surface area contributed by atoms with E-state index in [9.17, 15) is 0 Å². The van der Waals surface area contributed by atoms with Crippen molar-refractivity contribution in [2.24, 2.45) is 59.2 Å². The van der Waals surface area contributed by atoms with Crippen LogP contribution in [0.25, 0.3) is 43.1 Å². The molecule has 0 spiro atoms. The molecule has 4 fully saturated rings. The van der Waals surface area contributed by atoms with Gasteiger partial charge in [0.25, 0.3) is 0 Å². The van der Waals surface area contributed by atoms with Crippen molar-refractivity contribution in [2.75, 3.05) is 0 Å². The lowest BCUT2D eigenvalue weighted by molar-refractivity contribution is 0.0482. The number of benzene rings is 8. The van der Waals surface area contributed by atoms with Gasteiger partial charge in [-0.2, -0.15) is 0 Å². The van der Waals surface area contributed by atoms with Crippen molar-refractivity contribution in [1.29, 1.82) is 0 Å². The highest BCUT2D eigenvalue weighted by molar-refractivity contribution is 6.13. The van der Waals surface area contributed by atoms with E-state index in [1.807, 2.05) is 83.1 Å². The van der Waals surface area contributed by atoms with Gasteiger partial charge in [-0.3, -0.25) is 0 Å². The van der Waals surface area contributed by atoms with Crippen LogP contribution >= 0.6 is 0 Å². The molecule has 0 N–H and O–H groups in total. The second kappa shape index (κ2) is 39.6. The lowest BCUT2D eigenvalue weighted by Gasteiger charge is -2.47. The first-order chi connectivity index (χ1) is 45.9. The van der Waals surface area contributed by atoms with Crippen LogP contribution in [0.1, 0.15) is 326 Å².